The molecule has 0 bridgehead atoms. The van der Waals surface area contributed by atoms with Gasteiger partial charge in [-0.2, -0.15) is 0 Å². The highest BCUT2D eigenvalue weighted by molar-refractivity contribution is 7.14. The van der Waals surface area contributed by atoms with Crippen molar-refractivity contribution in [2.75, 3.05) is 11.9 Å². The van der Waals surface area contributed by atoms with Crippen molar-refractivity contribution in [3.05, 3.63) is 54.7 Å². The van der Waals surface area contributed by atoms with Gasteiger partial charge < -0.3 is 10.1 Å². The van der Waals surface area contributed by atoms with Crippen LogP contribution in [-0.4, -0.2) is 23.4 Å². The highest BCUT2D eigenvalue weighted by atomic mass is 35.5. The van der Waals surface area contributed by atoms with Crippen LogP contribution in [0.5, 0.6) is 0 Å². The van der Waals surface area contributed by atoms with E-state index < -0.39 is 23.4 Å². The molecule has 1 N–H and O–H groups in total. The van der Waals surface area contributed by atoms with Gasteiger partial charge in [0.15, 0.2) is 6.61 Å². The maximum Gasteiger partial charge on any atom is 0.348 e. The molecule has 2 aromatic rings. The lowest BCUT2D eigenvalue weighted by atomic mass is 10.1. The van der Waals surface area contributed by atoms with Crippen molar-refractivity contribution in [3.63, 3.8) is 0 Å². The van der Waals surface area contributed by atoms with E-state index in [1.807, 2.05) is 6.07 Å². The fourth-order valence-corrected chi connectivity index (χ4v) is 4.24. The summed E-state index contributed by atoms with van der Waals surface area (Å²) in [5.41, 5.74) is 0.848. The molecule has 1 amide bonds. The first-order valence-corrected chi connectivity index (χ1v) is 9.66. The van der Waals surface area contributed by atoms with Gasteiger partial charge in [0.1, 0.15) is 10.6 Å². The Kier molecular flexibility index (Phi) is 6.08. The molecule has 3 rings (SSSR count). The van der Waals surface area contributed by atoms with Gasteiger partial charge in [0.25, 0.3) is 11.6 Å². The first kappa shape index (κ1) is 19.3. The first-order valence-electron chi connectivity index (χ1n) is 8.46. The number of carbonyl (C=O) groups excluding carboxylic acids is 2. The Labute approximate surface area is 164 Å². The molecule has 1 aromatic carbocycles. The number of fused-ring (bicyclic) bond motifs is 1. The summed E-state index contributed by atoms with van der Waals surface area (Å²) in [6.07, 6.45) is 5.34. The summed E-state index contributed by atoms with van der Waals surface area (Å²) in [6.45, 7) is -0.537. The quantitative estimate of drug-likeness (QED) is 0.342. The molecule has 1 aliphatic carbocycles. The second-order valence-corrected chi connectivity index (χ2v) is 7.74. The first-order chi connectivity index (χ1) is 12.9. The maximum absolute atomic E-state index is 12.2. The lowest BCUT2D eigenvalue weighted by Crippen LogP contribution is -2.21. The monoisotopic (exact) mass is 408 g/mol. The minimum absolute atomic E-state index is 0.0450. The molecule has 0 saturated carbocycles. The molecule has 7 nitrogen and oxygen atoms in total. The number of thiophene rings is 1. The molecular weight excluding hydrogens is 392 g/mol. The van der Waals surface area contributed by atoms with Crippen LogP contribution in [0, 0.1) is 10.1 Å². The summed E-state index contributed by atoms with van der Waals surface area (Å²) >= 11 is 7.22. The Morgan fingerprint density at radius 2 is 2.00 bits per heavy atom. The normalized spacial score (nSPS) is 13.4. The molecule has 9 heteroatoms. The summed E-state index contributed by atoms with van der Waals surface area (Å²) < 4.78 is 5.06. The molecule has 142 valence electrons. The van der Waals surface area contributed by atoms with E-state index in [4.69, 9.17) is 16.3 Å². The van der Waals surface area contributed by atoms with Crippen LogP contribution in [0.2, 0.25) is 5.02 Å². The smallest absolute Gasteiger partial charge is 0.348 e. The predicted molar refractivity (Wildman–Crippen MR) is 103 cm³/mol. The van der Waals surface area contributed by atoms with Gasteiger partial charge in [-0.1, -0.05) is 18.0 Å². The van der Waals surface area contributed by atoms with E-state index in [1.165, 1.54) is 46.4 Å². The van der Waals surface area contributed by atoms with Crippen molar-refractivity contribution in [2.24, 2.45) is 0 Å². The summed E-state index contributed by atoms with van der Waals surface area (Å²) in [7, 11) is 0. The Morgan fingerprint density at radius 1 is 1.22 bits per heavy atom. The lowest BCUT2D eigenvalue weighted by Gasteiger charge is -2.07. The van der Waals surface area contributed by atoms with Gasteiger partial charge in [-0.15, -0.1) is 11.3 Å². The largest absolute Gasteiger partial charge is 0.451 e. The zero-order valence-electron chi connectivity index (χ0n) is 14.3. The molecule has 0 fully saturated rings. The van der Waals surface area contributed by atoms with E-state index in [0.29, 0.717) is 4.88 Å². The summed E-state index contributed by atoms with van der Waals surface area (Å²) in [5, 5.41) is 13.6. The number of carbonyl (C=O) groups is 2. The molecule has 1 aromatic heterocycles. The van der Waals surface area contributed by atoms with E-state index in [1.54, 1.807) is 0 Å². The number of rotatable bonds is 5. The van der Waals surface area contributed by atoms with Crippen LogP contribution in [0.3, 0.4) is 0 Å². The van der Waals surface area contributed by atoms with Gasteiger partial charge in [0.2, 0.25) is 0 Å². The number of benzene rings is 1. The van der Waals surface area contributed by atoms with Gasteiger partial charge in [0, 0.05) is 16.0 Å². The minimum atomic E-state index is -0.674. The van der Waals surface area contributed by atoms with E-state index in [9.17, 15) is 19.7 Å². The van der Waals surface area contributed by atoms with Crippen LogP contribution >= 0.6 is 22.9 Å². The van der Waals surface area contributed by atoms with Crippen LogP contribution in [0.1, 0.15) is 39.4 Å². The number of nitrogens with zero attached hydrogens (tertiary/aromatic N) is 1. The van der Waals surface area contributed by atoms with Crippen molar-refractivity contribution in [3.8, 4) is 0 Å². The van der Waals surface area contributed by atoms with Crippen molar-refractivity contribution in [2.45, 2.75) is 32.1 Å². The minimum Gasteiger partial charge on any atom is -0.451 e. The molecule has 0 saturated heterocycles. The molecule has 0 spiro atoms. The fraction of sp³-hybridized carbons (Fsp3) is 0.333. The number of nitrogens with one attached hydrogen (secondary N) is 1. The Hall–Kier alpha value is -2.45. The highest BCUT2D eigenvalue weighted by Crippen LogP contribution is 2.30. The Bertz CT molecular complexity index is 872. The molecule has 27 heavy (non-hydrogen) atoms. The molecule has 0 aliphatic heterocycles. The average Bonchev–Trinajstić information content (AvgIpc) is 2.90. The highest BCUT2D eigenvalue weighted by Gasteiger charge is 2.20. The second kappa shape index (κ2) is 8.49. The topological polar surface area (TPSA) is 98.5 Å². The third-order valence-corrected chi connectivity index (χ3v) is 5.66. The maximum atomic E-state index is 12.2. The molecule has 0 radical (unpaired) electrons. The van der Waals surface area contributed by atoms with Crippen LogP contribution in [0.4, 0.5) is 11.4 Å². The number of nitro benzene ring substituents is 1. The van der Waals surface area contributed by atoms with E-state index in [0.717, 1.165) is 25.7 Å². The summed E-state index contributed by atoms with van der Waals surface area (Å²) in [5.74, 6) is -1.24. The number of amides is 1. The second-order valence-electron chi connectivity index (χ2n) is 6.16. The standard InChI is InChI=1S/C18H17ClN2O5S/c19-12-6-7-14(21(24)25)13(9-12)20-17(22)10-26-18(23)16-8-11-4-2-1-3-5-15(11)27-16/h6-9H,1-5,10H2,(H,20,22). The number of aryl methyl sites for hydroxylation is 2. The number of nitro groups is 1. The van der Waals surface area contributed by atoms with Crippen molar-refractivity contribution < 1.29 is 19.2 Å². The predicted octanol–water partition coefficient (Wildman–Crippen LogP) is 4.37. The Balaban J connectivity index is 1.60. The van der Waals surface area contributed by atoms with E-state index in [2.05, 4.69) is 5.32 Å². The molecule has 1 heterocycles. The van der Waals surface area contributed by atoms with Gasteiger partial charge in [-0.25, -0.2) is 4.79 Å². The van der Waals surface area contributed by atoms with Gasteiger partial charge in [-0.05, 0) is 49.4 Å². The number of ether oxygens (including phenoxy) is 1. The summed E-state index contributed by atoms with van der Waals surface area (Å²) in [6, 6.07) is 5.67. The van der Waals surface area contributed by atoms with Gasteiger partial charge >= 0.3 is 5.97 Å². The molecular formula is C18H17ClN2O5S. The number of anilines is 1. The van der Waals surface area contributed by atoms with Crippen LogP contribution in [-0.2, 0) is 22.4 Å². The third kappa shape index (κ3) is 4.84. The van der Waals surface area contributed by atoms with Crippen LogP contribution in [0.15, 0.2) is 24.3 Å². The van der Waals surface area contributed by atoms with Crippen molar-refractivity contribution in [1.82, 2.24) is 0 Å². The zero-order chi connectivity index (χ0) is 19.4. The van der Waals surface area contributed by atoms with Crippen LogP contribution in [0.25, 0.3) is 0 Å². The fourth-order valence-electron chi connectivity index (χ4n) is 2.92. The number of halogens is 1. The summed E-state index contributed by atoms with van der Waals surface area (Å²) in [4.78, 5) is 36.3. The number of esters is 1. The van der Waals surface area contributed by atoms with Crippen molar-refractivity contribution >= 4 is 46.2 Å². The third-order valence-electron chi connectivity index (χ3n) is 4.21. The number of hydrogen-bond acceptors (Lipinski definition) is 6. The van der Waals surface area contributed by atoms with Crippen molar-refractivity contribution in [1.29, 1.82) is 0 Å². The van der Waals surface area contributed by atoms with Crippen LogP contribution < -0.4 is 5.32 Å². The number of hydrogen-bond donors (Lipinski definition) is 1. The average molecular weight is 409 g/mol. The molecule has 0 unspecified atom stereocenters. The SMILES string of the molecule is O=C(COC(=O)c1cc2c(s1)CCCCC2)Nc1cc(Cl)ccc1[N+](=O)[O-]. The molecule has 1 aliphatic rings. The lowest BCUT2D eigenvalue weighted by molar-refractivity contribution is -0.383. The van der Waals surface area contributed by atoms with E-state index in [-0.39, 0.29) is 16.4 Å². The zero-order valence-corrected chi connectivity index (χ0v) is 15.9. The molecule has 0 atom stereocenters. The van der Waals surface area contributed by atoms with Gasteiger partial charge in [-0.3, -0.25) is 14.9 Å². The Morgan fingerprint density at radius 3 is 2.78 bits per heavy atom. The van der Waals surface area contributed by atoms with Gasteiger partial charge in [0.05, 0.1) is 4.92 Å². The van der Waals surface area contributed by atoms with E-state index >= 15 is 0 Å².